The quantitative estimate of drug-likeness (QED) is 0.783. The first kappa shape index (κ1) is 17.6. The van der Waals surface area contributed by atoms with Crippen LogP contribution in [-0.4, -0.2) is 33.5 Å². The molecule has 1 fully saturated rings. The second kappa shape index (κ2) is 6.95. The maximum atomic E-state index is 12.4. The zero-order chi connectivity index (χ0) is 18.7. The maximum Gasteiger partial charge on any atom is 0.451 e. The standard InChI is InChI=1S/C17H12F3N3O3/c18-17(19,20)15-21-8-11(9-22-15)6-7-14(24)23-13(10-26-16(23)25)12-4-2-1-3-5-12/h1-9,13H,10H2. The largest absolute Gasteiger partial charge is 0.451 e. The van der Waals surface area contributed by atoms with Crippen LogP contribution in [0.15, 0.2) is 48.8 Å². The molecule has 134 valence electrons. The molecule has 0 bridgehead atoms. The van der Waals surface area contributed by atoms with Crippen molar-refractivity contribution < 1.29 is 27.5 Å². The van der Waals surface area contributed by atoms with Crippen LogP contribution in [0.3, 0.4) is 0 Å². The summed E-state index contributed by atoms with van der Waals surface area (Å²) in [7, 11) is 0. The molecule has 1 aliphatic rings. The summed E-state index contributed by atoms with van der Waals surface area (Å²) >= 11 is 0. The molecule has 0 N–H and O–H groups in total. The van der Waals surface area contributed by atoms with Gasteiger partial charge in [0.1, 0.15) is 12.6 Å². The Bertz CT molecular complexity index is 836. The maximum absolute atomic E-state index is 12.4. The summed E-state index contributed by atoms with van der Waals surface area (Å²) in [4.78, 5) is 31.6. The second-order valence-electron chi connectivity index (χ2n) is 5.38. The summed E-state index contributed by atoms with van der Waals surface area (Å²) < 4.78 is 42.2. The fraction of sp³-hybridized carbons (Fsp3) is 0.176. The Hall–Kier alpha value is -3.23. The van der Waals surface area contributed by atoms with Gasteiger partial charge in [-0.05, 0) is 11.6 Å². The van der Waals surface area contributed by atoms with Gasteiger partial charge in [0.25, 0.3) is 5.91 Å². The van der Waals surface area contributed by atoms with Gasteiger partial charge in [0.2, 0.25) is 5.82 Å². The van der Waals surface area contributed by atoms with Gasteiger partial charge >= 0.3 is 12.3 Å². The lowest BCUT2D eigenvalue weighted by molar-refractivity contribution is -0.145. The van der Waals surface area contributed by atoms with Gasteiger partial charge in [-0.3, -0.25) is 4.79 Å². The van der Waals surface area contributed by atoms with Crippen LogP contribution in [0.2, 0.25) is 0 Å². The first-order chi connectivity index (χ1) is 12.4. The predicted octanol–water partition coefficient (Wildman–Crippen LogP) is 3.23. The van der Waals surface area contributed by atoms with E-state index in [4.69, 9.17) is 4.74 Å². The number of ether oxygens (including phenoxy) is 1. The number of halogens is 3. The zero-order valence-corrected chi connectivity index (χ0v) is 13.2. The molecule has 1 atom stereocenters. The molecule has 3 rings (SSSR count). The number of imide groups is 1. The zero-order valence-electron chi connectivity index (χ0n) is 13.2. The highest BCUT2D eigenvalue weighted by atomic mass is 19.4. The van der Waals surface area contributed by atoms with E-state index in [-0.39, 0.29) is 12.2 Å². The van der Waals surface area contributed by atoms with E-state index in [9.17, 15) is 22.8 Å². The predicted molar refractivity (Wildman–Crippen MR) is 83.4 cm³/mol. The van der Waals surface area contributed by atoms with Crippen molar-refractivity contribution in [2.75, 3.05) is 6.61 Å². The molecule has 2 aromatic rings. The summed E-state index contributed by atoms with van der Waals surface area (Å²) in [6.07, 6.45) is -1.24. The molecule has 9 heteroatoms. The molecular weight excluding hydrogens is 351 g/mol. The number of hydrogen-bond acceptors (Lipinski definition) is 5. The number of alkyl halides is 3. The smallest absolute Gasteiger partial charge is 0.446 e. The summed E-state index contributed by atoms with van der Waals surface area (Å²) in [5.74, 6) is -1.92. The molecule has 0 radical (unpaired) electrons. The van der Waals surface area contributed by atoms with Crippen molar-refractivity contribution >= 4 is 18.1 Å². The molecule has 0 aliphatic carbocycles. The Morgan fingerprint density at radius 2 is 1.85 bits per heavy atom. The van der Waals surface area contributed by atoms with Crippen LogP contribution in [0.4, 0.5) is 18.0 Å². The topological polar surface area (TPSA) is 72.4 Å². The van der Waals surface area contributed by atoms with E-state index in [1.807, 2.05) is 0 Å². The lowest BCUT2D eigenvalue weighted by Gasteiger charge is -2.18. The molecule has 6 nitrogen and oxygen atoms in total. The van der Waals surface area contributed by atoms with Gasteiger partial charge in [-0.1, -0.05) is 30.3 Å². The number of rotatable bonds is 3. The Labute approximate surface area is 145 Å². The third-order valence-corrected chi connectivity index (χ3v) is 3.64. The highest BCUT2D eigenvalue weighted by Gasteiger charge is 2.38. The van der Waals surface area contributed by atoms with Crippen LogP contribution in [0.5, 0.6) is 0 Å². The molecule has 2 amide bonds. The molecule has 26 heavy (non-hydrogen) atoms. The average Bonchev–Trinajstić information content (AvgIpc) is 3.02. The van der Waals surface area contributed by atoms with Crippen molar-refractivity contribution in [3.8, 4) is 0 Å². The SMILES string of the molecule is O=C(C=Cc1cnc(C(F)(F)F)nc1)N1C(=O)OCC1c1ccccc1. The van der Waals surface area contributed by atoms with Crippen molar-refractivity contribution in [1.82, 2.24) is 14.9 Å². The Balaban J connectivity index is 1.75. The van der Waals surface area contributed by atoms with Gasteiger partial charge in [-0.15, -0.1) is 0 Å². The van der Waals surface area contributed by atoms with Crippen molar-refractivity contribution in [1.29, 1.82) is 0 Å². The summed E-state index contributed by atoms with van der Waals surface area (Å²) in [5.41, 5.74) is 0.924. The van der Waals surface area contributed by atoms with Crippen LogP contribution >= 0.6 is 0 Å². The fourth-order valence-electron chi connectivity index (χ4n) is 2.40. The van der Waals surface area contributed by atoms with Crippen molar-refractivity contribution in [2.24, 2.45) is 0 Å². The molecule has 2 heterocycles. The molecule has 1 aliphatic heterocycles. The first-order valence-electron chi connectivity index (χ1n) is 7.48. The van der Waals surface area contributed by atoms with Crippen LogP contribution in [-0.2, 0) is 15.7 Å². The van der Waals surface area contributed by atoms with Crippen LogP contribution in [0.1, 0.15) is 23.0 Å². The minimum Gasteiger partial charge on any atom is -0.446 e. The third-order valence-electron chi connectivity index (χ3n) is 3.64. The molecule has 1 aromatic carbocycles. The molecule has 1 aromatic heterocycles. The minimum atomic E-state index is -4.64. The van der Waals surface area contributed by atoms with E-state index in [0.29, 0.717) is 0 Å². The van der Waals surface area contributed by atoms with E-state index in [1.54, 1.807) is 30.3 Å². The lowest BCUT2D eigenvalue weighted by atomic mass is 10.1. The number of aromatic nitrogens is 2. The monoisotopic (exact) mass is 363 g/mol. The number of nitrogens with zero attached hydrogens (tertiary/aromatic N) is 3. The van der Waals surface area contributed by atoms with Crippen LogP contribution in [0, 0.1) is 0 Å². The third kappa shape index (κ3) is 3.71. The van der Waals surface area contributed by atoms with E-state index >= 15 is 0 Å². The van der Waals surface area contributed by atoms with Crippen molar-refractivity contribution in [2.45, 2.75) is 12.2 Å². The number of amides is 2. The molecular formula is C17H12F3N3O3. The number of cyclic esters (lactones) is 1. The number of carbonyl (C=O) groups is 2. The Kier molecular flexibility index (Phi) is 4.70. The highest BCUT2D eigenvalue weighted by molar-refractivity contribution is 6.02. The molecule has 1 unspecified atom stereocenters. The van der Waals surface area contributed by atoms with Crippen molar-refractivity contribution in [3.05, 3.63) is 65.8 Å². The fourth-order valence-corrected chi connectivity index (χ4v) is 2.40. The summed E-state index contributed by atoms with van der Waals surface area (Å²) in [5, 5.41) is 0. The lowest BCUT2D eigenvalue weighted by Crippen LogP contribution is -2.32. The molecule has 0 saturated carbocycles. The first-order valence-corrected chi connectivity index (χ1v) is 7.48. The van der Waals surface area contributed by atoms with Gasteiger partial charge in [0.05, 0.1) is 0 Å². The number of carbonyl (C=O) groups excluding carboxylic acids is 2. The van der Waals surface area contributed by atoms with E-state index in [1.165, 1.54) is 6.08 Å². The van der Waals surface area contributed by atoms with Gasteiger partial charge in [-0.25, -0.2) is 19.7 Å². The molecule has 0 spiro atoms. The van der Waals surface area contributed by atoms with E-state index < -0.39 is 30.0 Å². The van der Waals surface area contributed by atoms with E-state index in [0.717, 1.165) is 28.9 Å². The van der Waals surface area contributed by atoms with Gasteiger partial charge in [-0.2, -0.15) is 13.2 Å². The van der Waals surface area contributed by atoms with Crippen LogP contribution < -0.4 is 0 Å². The summed E-state index contributed by atoms with van der Waals surface area (Å²) in [6, 6.07) is 8.31. The van der Waals surface area contributed by atoms with Gasteiger partial charge in [0.15, 0.2) is 0 Å². The minimum absolute atomic E-state index is 0.0335. The Morgan fingerprint density at radius 1 is 1.19 bits per heavy atom. The van der Waals surface area contributed by atoms with Gasteiger partial charge in [0, 0.05) is 24.0 Å². The number of benzene rings is 1. The van der Waals surface area contributed by atoms with Crippen LogP contribution in [0.25, 0.3) is 6.08 Å². The summed E-state index contributed by atoms with van der Waals surface area (Å²) in [6.45, 7) is 0.0335. The number of hydrogen-bond donors (Lipinski definition) is 0. The highest BCUT2D eigenvalue weighted by Crippen LogP contribution is 2.28. The Morgan fingerprint density at radius 3 is 2.46 bits per heavy atom. The average molecular weight is 363 g/mol. The second-order valence-corrected chi connectivity index (χ2v) is 5.38. The van der Waals surface area contributed by atoms with Gasteiger partial charge < -0.3 is 4.74 Å². The van der Waals surface area contributed by atoms with E-state index in [2.05, 4.69) is 9.97 Å². The van der Waals surface area contributed by atoms with Crippen molar-refractivity contribution in [3.63, 3.8) is 0 Å². The normalized spacial score (nSPS) is 17.6. The molecule has 1 saturated heterocycles.